The third-order valence-electron chi connectivity index (χ3n) is 1.55. The summed E-state index contributed by atoms with van der Waals surface area (Å²) in [7, 11) is 0. The molecule has 0 saturated carbocycles. The number of tetrazole rings is 1. The van der Waals surface area contributed by atoms with Gasteiger partial charge in [-0.1, -0.05) is 18.6 Å². The van der Waals surface area contributed by atoms with E-state index in [1.165, 1.54) is 0 Å². The summed E-state index contributed by atoms with van der Waals surface area (Å²) in [6, 6.07) is 0. The molecule has 0 amide bonds. The maximum atomic E-state index is 10.7. The van der Waals surface area contributed by atoms with E-state index in [0.717, 1.165) is 6.42 Å². The summed E-state index contributed by atoms with van der Waals surface area (Å²) in [6.45, 7) is 1.91. The van der Waals surface area contributed by atoms with Crippen molar-refractivity contribution in [3.8, 4) is 0 Å². The SMILES string of the molecule is CCCC(C(=O)O)c1nn[nH]n1. The highest BCUT2D eigenvalue weighted by Crippen LogP contribution is 2.15. The largest absolute Gasteiger partial charge is 0.481 e. The van der Waals surface area contributed by atoms with Crippen LogP contribution in [0.3, 0.4) is 0 Å². The van der Waals surface area contributed by atoms with Crippen LogP contribution < -0.4 is 0 Å². The topological polar surface area (TPSA) is 91.8 Å². The Balaban J connectivity index is 2.73. The van der Waals surface area contributed by atoms with E-state index < -0.39 is 11.9 Å². The van der Waals surface area contributed by atoms with Gasteiger partial charge >= 0.3 is 5.97 Å². The molecule has 0 radical (unpaired) electrons. The van der Waals surface area contributed by atoms with E-state index in [4.69, 9.17) is 5.11 Å². The molecule has 66 valence electrons. The molecule has 0 aliphatic heterocycles. The Morgan fingerprint density at radius 3 is 2.92 bits per heavy atom. The van der Waals surface area contributed by atoms with Gasteiger partial charge in [-0.2, -0.15) is 5.21 Å². The van der Waals surface area contributed by atoms with Crippen LogP contribution in [-0.4, -0.2) is 31.7 Å². The predicted molar refractivity (Wildman–Crippen MR) is 39.5 cm³/mol. The van der Waals surface area contributed by atoms with Crippen LogP contribution in [0.25, 0.3) is 0 Å². The Morgan fingerprint density at radius 1 is 1.75 bits per heavy atom. The fraction of sp³-hybridized carbons (Fsp3) is 0.667. The second kappa shape index (κ2) is 3.80. The van der Waals surface area contributed by atoms with Gasteiger partial charge in [0.2, 0.25) is 0 Å². The number of hydrogen-bond acceptors (Lipinski definition) is 4. The average Bonchev–Trinajstić information content (AvgIpc) is 2.51. The lowest BCUT2D eigenvalue weighted by atomic mass is 10.0. The zero-order valence-electron chi connectivity index (χ0n) is 6.69. The number of carboxylic acids is 1. The number of carbonyl (C=O) groups is 1. The second-order valence-electron chi connectivity index (χ2n) is 2.45. The fourth-order valence-corrected chi connectivity index (χ4v) is 0.969. The van der Waals surface area contributed by atoms with Crippen LogP contribution in [0, 0.1) is 0 Å². The van der Waals surface area contributed by atoms with E-state index in [2.05, 4.69) is 20.6 Å². The number of aromatic amines is 1. The van der Waals surface area contributed by atoms with Crippen molar-refractivity contribution in [1.82, 2.24) is 20.6 Å². The van der Waals surface area contributed by atoms with Crippen molar-refractivity contribution in [2.45, 2.75) is 25.7 Å². The highest BCUT2D eigenvalue weighted by molar-refractivity contribution is 5.74. The summed E-state index contributed by atoms with van der Waals surface area (Å²) < 4.78 is 0. The number of aliphatic carboxylic acids is 1. The molecule has 0 bridgehead atoms. The van der Waals surface area contributed by atoms with Crippen LogP contribution in [0.1, 0.15) is 31.5 Å². The van der Waals surface area contributed by atoms with E-state index in [1.54, 1.807) is 0 Å². The molecule has 1 aromatic rings. The maximum absolute atomic E-state index is 10.7. The van der Waals surface area contributed by atoms with Crippen LogP contribution in [-0.2, 0) is 4.79 Å². The quantitative estimate of drug-likeness (QED) is 0.671. The lowest BCUT2D eigenvalue weighted by molar-refractivity contribution is -0.139. The van der Waals surface area contributed by atoms with Crippen molar-refractivity contribution in [3.05, 3.63) is 5.82 Å². The maximum Gasteiger partial charge on any atom is 0.314 e. The van der Waals surface area contributed by atoms with Gasteiger partial charge in [0.05, 0.1) is 0 Å². The van der Waals surface area contributed by atoms with Crippen molar-refractivity contribution in [2.24, 2.45) is 0 Å². The number of hydrogen-bond donors (Lipinski definition) is 2. The third kappa shape index (κ3) is 1.77. The van der Waals surface area contributed by atoms with Crippen LogP contribution in [0.15, 0.2) is 0 Å². The van der Waals surface area contributed by atoms with Gasteiger partial charge < -0.3 is 5.11 Å². The van der Waals surface area contributed by atoms with Gasteiger partial charge in [-0.3, -0.25) is 4.79 Å². The lowest BCUT2D eigenvalue weighted by Crippen LogP contribution is -2.13. The number of rotatable bonds is 4. The summed E-state index contributed by atoms with van der Waals surface area (Å²) in [5, 5.41) is 21.5. The molecule has 1 rings (SSSR count). The van der Waals surface area contributed by atoms with Gasteiger partial charge in [-0.25, -0.2) is 0 Å². The van der Waals surface area contributed by atoms with E-state index >= 15 is 0 Å². The van der Waals surface area contributed by atoms with Gasteiger partial charge in [-0.05, 0) is 6.42 Å². The Bertz CT molecular complexity index is 246. The number of nitrogens with zero attached hydrogens (tertiary/aromatic N) is 3. The van der Waals surface area contributed by atoms with Crippen LogP contribution in [0.5, 0.6) is 0 Å². The minimum absolute atomic E-state index is 0.254. The van der Waals surface area contributed by atoms with E-state index in [-0.39, 0.29) is 5.82 Å². The van der Waals surface area contributed by atoms with Gasteiger partial charge in [0.25, 0.3) is 0 Å². The van der Waals surface area contributed by atoms with E-state index in [1.807, 2.05) is 6.92 Å². The average molecular weight is 170 g/mol. The second-order valence-corrected chi connectivity index (χ2v) is 2.45. The minimum atomic E-state index is -0.904. The first-order valence-electron chi connectivity index (χ1n) is 3.71. The number of aromatic nitrogens is 4. The summed E-state index contributed by atoms with van der Waals surface area (Å²) in [4.78, 5) is 10.7. The molecular weight excluding hydrogens is 160 g/mol. The van der Waals surface area contributed by atoms with Gasteiger partial charge in [0.15, 0.2) is 5.82 Å². The Kier molecular flexibility index (Phi) is 2.73. The normalized spacial score (nSPS) is 12.8. The molecular formula is C6H10N4O2. The molecule has 1 atom stereocenters. The van der Waals surface area contributed by atoms with Gasteiger partial charge in [0.1, 0.15) is 5.92 Å². The number of carboxylic acid groups (broad SMARTS) is 1. The predicted octanol–water partition coefficient (Wildman–Crippen LogP) is 0.168. The molecule has 1 unspecified atom stereocenters. The first kappa shape index (κ1) is 8.63. The molecule has 0 spiro atoms. The number of H-pyrrole nitrogens is 1. The van der Waals surface area contributed by atoms with Crippen molar-refractivity contribution in [1.29, 1.82) is 0 Å². The van der Waals surface area contributed by atoms with Gasteiger partial charge in [0, 0.05) is 0 Å². The minimum Gasteiger partial charge on any atom is -0.481 e. The van der Waals surface area contributed by atoms with Crippen molar-refractivity contribution < 1.29 is 9.90 Å². The molecule has 0 aliphatic carbocycles. The van der Waals surface area contributed by atoms with E-state index in [9.17, 15) is 4.79 Å². The monoisotopic (exact) mass is 170 g/mol. The van der Waals surface area contributed by atoms with E-state index in [0.29, 0.717) is 6.42 Å². The van der Waals surface area contributed by atoms with Crippen molar-refractivity contribution in [3.63, 3.8) is 0 Å². The standard InChI is InChI=1S/C6H10N4O2/c1-2-3-4(6(11)12)5-7-9-10-8-5/h4H,2-3H2,1H3,(H,11,12)(H,7,8,9,10). The fourth-order valence-electron chi connectivity index (χ4n) is 0.969. The molecule has 0 aliphatic rings. The van der Waals surface area contributed by atoms with Crippen LogP contribution in [0.2, 0.25) is 0 Å². The van der Waals surface area contributed by atoms with Crippen molar-refractivity contribution >= 4 is 5.97 Å². The first-order valence-corrected chi connectivity index (χ1v) is 3.71. The molecule has 0 saturated heterocycles. The highest BCUT2D eigenvalue weighted by Gasteiger charge is 2.22. The molecule has 12 heavy (non-hydrogen) atoms. The molecule has 1 aromatic heterocycles. The smallest absolute Gasteiger partial charge is 0.314 e. The number of nitrogens with one attached hydrogen (secondary N) is 1. The molecule has 0 fully saturated rings. The summed E-state index contributed by atoms with van der Waals surface area (Å²) in [5.41, 5.74) is 0. The lowest BCUT2D eigenvalue weighted by Gasteiger charge is -2.04. The Labute approximate surface area is 69.0 Å². The van der Waals surface area contributed by atoms with Crippen molar-refractivity contribution in [2.75, 3.05) is 0 Å². The summed E-state index contributed by atoms with van der Waals surface area (Å²) in [5.74, 6) is -1.28. The Hall–Kier alpha value is -1.46. The molecule has 6 nitrogen and oxygen atoms in total. The Morgan fingerprint density at radius 2 is 2.50 bits per heavy atom. The zero-order chi connectivity index (χ0) is 8.97. The molecule has 1 heterocycles. The summed E-state index contributed by atoms with van der Waals surface area (Å²) >= 11 is 0. The van der Waals surface area contributed by atoms with Crippen LogP contribution >= 0.6 is 0 Å². The summed E-state index contributed by atoms with van der Waals surface area (Å²) in [6.07, 6.45) is 1.32. The molecule has 2 N–H and O–H groups in total. The molecule has 6 heteroatoms. The van der Waals surface area contributed by atoms with Crippen LogP contribution in [0.4, 0.5) is 0 Å². The zero-order valence-corrected chi connectivity index (χ0v) is 6.69. The molecule has 0 aromatic carbocycles. The van der Waals surface area contributed by atoms with Gasteiger partial charge in [-0.15, -0.1) is 10.2 Å². The highest BCUT2D eigenvalue weighted by atomic mass is 16.4. The first-order chi connectivity index (χ1) is 5.75. The third-order valence-corrected chi connectivity index (χ3v) is 1.55.